The van der Waals surface area contributed by atoms with Crippen molar-refractivity contribution in [2.45, 2.75) is 40.3 Å². The van der Waals surface area contributed by atoms with E-state index in [4.69, 9.17) is 13.9 Å². The standard InChI is InChI=1S/C21H31N3O3.HI/c1-15-7-8-18(20(11-15)26-10-6-9-25-5)13-23-21(22-4)24-14-19-12-16(2)27-17(19)3;/h7-8,11-12H,6,9-10,13-14H2,1-5H3,(H2,22,23,24);1H. The Morgan fingerprint density at radius 1 is 1.04 bits per heavy atom. The van der Waals surface area contributed by atoms with E-state index < -0.39 is 0 Å². The van der Waals surface area contributed by atoms with Crippen molar-refractivity contribution in [3.8, 4) is 5.75 Å². The van der Waals surface area contributed by atoms with Crippen LogP contribution in [0.2, 0.25) is 0 Å². The lowest BCUT2D eigenvalue weighted by atomic mass is 10.1. The number of nitrogens with one attached hydrogen (secondary N) is 2. The Balaban J connectivity index is 0.00000392. The second kappa shape index (κ2) is 12.7. The molecule has 0 saturated heterocycles. The topological polar surface area (TPSA) is 68.0 Å². The maximum Gasteiger partial charge on any atom is 0.191 e. The monoisotopic (exact) mass is 501 g/mol. The fraction of sp³-hybridized carbons (Fsp3) is 0.476. The Morgan fingerprint density at radius 2 is 1.75 bits per heavy atom. The second-order valence-corrected chi connectivity index (χ2v) is 6.52. The molecule has 0 aliphatic rings. The molecule has 1 aromatic heterocycles. The van der Waals surface area contributed by atoms with Crippen molar-refractivity contribution in [2.24, 2.45) is 4.99 Å². The number of hydrogen-bond acceptors (Lipinski definition) is 4. The molecule has 0 spiro atoms. The molecule has 6 nitrogen and oxygen atoms in total. The van der Waals surface area contributed by atoms with Crippen molar-refractivity contribution in [1.29, 1.82) is 0 Å². The number of nitrogens with zero attached hydrogens (tertiary/aromatic N) is 1. The van der Waals surface area contributed by atoms with Gasteiger partial charge in [-0.3, -0.25) is 4.99 Å². The molecular weight excluding hydrogens is 469 g/mol. The summed E-state index contributed by atoms with van der Waals surface area (Å²) in [5.41, 5.74) is 3.40. The molecule has 0 aliphatic carbocycles. The average Bonchev–Trinajstić information content (AvgIpc) is 2.97. The van der Waals surface area contributed by atoms with E-state index in [0.29, 0.717) is 26.3 Å². The number of benzene rings is 1. The largest absolute Gasteiger partial charge is 0.493 e. The van der Waals surface area contributed by atoms with E-state index in [-0.39, 0.29) is 24.0 Å². The van der Waals surface area contributed by atoms with E-state index in [1.807, 2.05) is 19.9 Å². The Bertz CT molecular complexity index is 759. The summed E-state index contributed by atoms with van der Waals surface area (Å²) in [5, 5.41) is 6.67. The van der Waals surface area contributed by atoms with Gasteiger partial charge in [0.15, 0.2) is 5.96 Å². The first-order valence-electron chi connectivity index (χ1n) is 9.25. The van der Waals surface area contributed by atoms with Crippen molar-refractivity contribution in [3.63, 3.8) is 0 Å². The molecule has 0 aliphatic heterocycles. The summed E-state index contributed by atoms with van der Waals surface area (Å²) in [7, 11) is 3.47. The molecule has 0 radical (unpaired) electrons. The van der Waals surface area contributed by atoms with Crippen LogP contribution in [0.25, 0.3) is 0 Å². The zero-order valence-corrected chi connectivity index (χ0v) is 19.8. The number of rotatable bonds is 9. The highest BCUT2D eigenvalue weighted by atomic mass is 127. The van der Waals surface area contributed by atoms with Crippen LogP contribution in [-0.2, 0) is 17.8 Å². The molecule has 1 aromatic carbocycles. The predicted molar refractivity (Wildman–Crippen MR) is 124 cm³/mol. The van der Waals surface area contributed by atoms with Crippen LogP contribution in [0.5, 0.6) is 5.75 Å². The first-order chi connectivity index (χ1) is 13.0. The zero-order valence-electron chi connectivity index (χ0n) is 17.4. The zero-order chi connectivity index (χ0) is 19.6. The minimum Gasteiger partial charge on any atom is -0.493 e. The van der Waals surface area contributed by atoms with Crippen molar-refractivity contribution >= 4 is 29.9 Å². The van der Waals surface area contributed by atoms with Crippen LogP contribution in [0.1, 0.15) is 34.6 Å². The van der Waals surface area contributed by atoms with E-state index in [1.54, 1.807) is 14.2 Å². The number of aryl methyl sites for hydroxylation is 3. The summed E-state index contributed by atoms with van der Waals surface area (Å²) >= 11 is 0. The van der Waals surface area contributed by atoms with Crippen LogP contribution in [0, 0.1) is 20.8 Å². The van der Waals surface area contributed by atoms with E-state index in [2.05, 4.69) is 40.7 Å². The lowest BCUT2D eigenvalue weighted by molar-refractivity contribution is 0.171. The minimum absolute atomic E-state index is 0. The molecule has 2 aromatic rings. The molecule has 28 heavy (non-hydrogen) atoms. The van der Waals surface area contributed by atoms with Gasteiger partial charge in [0.2, 0.25) is 0 Å². The van der Waals surface area contributed by atoms with Gasteiger partial charge in [-0.2, -0.15) is 0 Å². The number of aliphatic imine (C=N–C) groups is 1. The SMILES string of the molecule is CN=C(NCc1ccc(C)cc1OCCCOC)NCc1cc(C)oc1C.I. The summed E-state index contributed by atoms with van der Waals surface area (Å²) < 4.78 is 16.6. The number of guanidine groups is 1. The lowest BCUT2D eigenvalue weighted by Gasteiger charge is -2.15. The molecule has 2 rings (SSSR count). The van der Waals surface area contributed by atoms with Crippen molar-refractivity contribution in [2.75, 3.05) is 27.4 Å². The Kier molecular flexibility index (Phi) is 11.0. The van der Waals surface area contributed by atoms with Crippen molar-refractivity contribution < 1.29 is 13.9 Å². The summed E-state index contributed by atoms with van der Waals surface area (Å²) in [6.45, 7) is 8.61. The van der Waals surface area contributed by atoms with Crippen LogP contribution in [-0.4, -0.2) is 33.3 Å². The minimum atomic E-state index is 0. The number of furan rings is 1. The van der Waals surface area contributed by atoms with Crippen molar-refractivity contribution in [1.82, 2.24) is 10.6 Å². The molecule has 0 unspecified atom stereocenters. The molecule has 0 saturated carbocycles. The van der Waals surface area contributed by atoms with Gasteiger partial charge in [0.05, 0.1) is 6.61 Å². The van der Waals surface area contributed by atoms with Crippen LogP contribution in [0.15, 0.2) is 33.7 Å². The van der Waals surface area contributed by atoms with Gasteiger partial charge in [-0.25, -0.2) is 0 Å². The fourth-order valence-corrected chi connectivity index (χ4v) is 2.77. The van der Waals surface area contributed by atoms with Gasteiger partial charge in [-0.1, -0.05) is 12.1 Å². The first kappa shape index (κ1) is 24.3. The number of hydrogen-bond donors (Lipinski definition) is 2. The van der Waals surface area contributed by atoms with Crippen LogP contribution in [0.3, 0.4) is 0 Å². The third-order valence-corrected chi connectivity index (χ3v) is 4.23. The molecule has 1 heterocycles. The van der Waals surface area contributed by atoms with Crippen LogP contribution < -0.4 is 15.4 Å². The third kappa shape index (κ3) is 7.71. The molecule has 0 fully saturated rings. The summed E-state index contributed by atoms with van der Waals surface area (Å²) in [5.74, 6) is 3.48. The molecular formula is C21H32IN3O3. The molecule has 156 valence electrons. The maximum atomic E-state index is 5.94. The quantitative estimate of drug-likeness (QED) is 0.235. The van der Waals surface area contributed by atoms with Gasteiger partial charge < -0.3 is 24.5 Å². The predicted octanol–water partition coefficient (Wildman–Crippen LogP) is 4.10. The third-order valence-electron chi connectivity index (χ3n) is 4.23. The summed E-state index contributed by atoms with van der Waals surface area (Å²) in [6, 6.07) is 8.29. The second-order valence-electron chi connectivity index (χ2n) is 6.52. The summed E-state index contributed by atoms with van der Waals surface area (Å²) in [4.78, 5) is 4.29. The molecule has 0 amide bonds. The molecule has 0 atom stereocenters. The smallest absolute Gasteiger partial charge is 0.191 e. The lowest BCUT2D eigenvalue weighted by Crippen LogP contribution is -2.36. The van der Waals surface area contributed by atoms with Crippen LogP contribution in [0.4, 0.5) is 0 Å². The Morgan fingerprint density at radius 3 is 2.36 bits per heavy atom. The highest BCUT2D eigenvalue weighted by Crippen LogP contribution is 2.20. The Hall–Kier alpha value is -1.74. The van der Waals surface area contributed by atoms with Gasteiger partial charge in [-0.05, 0) is 38.5 Å². The van der Waals surface area contributed by atoms with Gasteiger partial charge in [-0.15, -0.1) is 24.0 Å². The normalized spacial score (nSPS) is 11.1. The van der Waals surface area contributed by atoms with E-state index in [0.717, 1.165) is 40.8 Å². The van der Waals surface area contributed by atoms with Gasteiger partial charge in [0, 0.05) is 51.4 Å². The number of halogens is 1. The van der Waals surface area contributed by atoms with Gasteiger partial charge in [0.25, 0.3) is 0 Å². The van der Waals surface area contributed by atoms with E-state index in [1.165, 1.54) is 5.56 Å². The first-order valence-corrected chi connectivity index (χ1v) is 9.25. The van der Waals surface area contributed by atoms with Crippen LogP contribution >= 0.6 is 24.0 Å². The average molecular weight is 501 g/mol. The molecule has 0 bridgehead atoms. The fourth-order valence-electron chi connectivity index (χ4n) is 2.77. The highest BCUT2D eigenvalue weighted by molar-refractivity contribution is 14.0. The molecule has 2 N–H and O–H groups in total. The van der Waals surface area contributed by atoms with Crippen molar-refractivity contribution in [3.05, 3.63) is 52.5 Å². The molecule has 7 heteroatoms. The number of methoxy groups -OCH3 is 1. The maximum absolute atomic E-state index is 5.94. The summed E-state index contributed by atoms with van der Waals surface area (Å²) in [6.07, 6.45) is 0.865. The van der Waals surface area contributed by atoms with Gasteiger partial charge in [0.1, 0.15) is 17.3 Å². The van der Waals surface area contributed by atoms with Gasteiger partial charge >= 0.3 is 0 Å². The van der Waals surface area contributed by atoms with E-state index in [9.17, 15) is 0 Å². The Labute approximate surface area is 185 Å². The highest BCUT2D eigenvalue weighted by Gasteiger charge is 2.08. The number of ether oxygens (including phenoxy) is 2. The van der Waals surface area contributed by atoms with E-state index >= 15 is 0 Å².